The topological polar surface area (TPSA) is 79.8 Å². The minimum Gasteiger partial charge on any atom is -0.357 e. The lowest BCUT2D eigenvalue weighted by Gasteiger charge is -2.40. The van der Waals surface area contributed by atoms with Crippen LogP contribution >= 0.6 is 0 Å². The van der Waals surface area contributed by atoms with Crippen LogP contribution in [0.3, 0.4) is 0 Å². The number of anilines is 2. The summed E-state index contributed by atoms with van der Waals surface area (Å²) in [5.74, 6) is 0.632. The molecule has 4 rings (SSSR count). The van der Waals surface area contributed by atoms with Crippen LogP contribution in [0.2, 0.25) is 0 Å². The van der Waals surface area contributed by atoms with E-state index in [-0.39, 0.29) is 5.91 Å². The van der Waals surface area contributed by atoms with Crippen molar-refractivity contribution in [2.24, 2.45) is 0 Å². The molecule has 1 fully saturated rings. The van der Waals surface area contributed by atoms with Gasteiger partial charge in [-0.25, -0.2) is 9.97 Å². The SMILES string of the molecule is CNc1ncc(-c2ccc(C3(C(=O)Nc4cccnc4)CCC3)cc2)cn1. The van der Waals surface area contributed by atoms with Crippen molar-refractivity contribution >= 4 is 17.5 Å². The molecule has 0 unspecified atom stereocenters. The molecule has 1 aliphatic rings. The summed E-state index contributed by atoms with van der Waals surface area (Å²) in [6.07, 6.45) is 9.73. The third-order valence-electron chi connectivity index (χ3n) is 5.21. The first-order chi connectivity index (χ1) is 13.2. The molecule has 0 atom stereocenters. The fraction of sp³-hybridized carbons (Fsp3) is 0.238. The lowest BCUT2D eigenvalue weighted by Crippen LogP contribution is -2.46. The van der Waals surface area contributed by atoms with Gasteiger partial charge in [-0.15, -0.1) is 0 Å². The first-order valence-electron chi connectivity index (χ1n) is 9.03. The zero-order chi connectivity index (χ0) is 18.7. The van der Waals surface area contributed by atoms with Crippen LogP contribution in [0.25, 0.3) is 11.1 Å². The Morgan fingerprint density at radius 2 is 1.74 bits per heavy atom. The van der Waals surface area contributed by atoms with Crippen LogP contribution in [0.5, 0.6) is 0 Å². The summed E-state index contributed by atoms with van der Waals surface area (Å²) in [5.41, 5.74) is 3.30. The quantitative estimate of drug-likeness (QED) is 0.727. The lowest BCUT2D eigenvalue weighted by molar-refractivity contribution is -0.124. The fourth-order valence-corrected chi connectivity index (χ4v) is 3.45. The summed E-state index contributed by atoms with van der Waals surface area (Å²) in [7, 11) is 1.79. The van der Waals surface area contributed by atoms with Gasteiger partial charge in [0, 0.05) is 31.2 Å². The molecule has 1 aromatic carbocycles. The Balaban J connectivity index is 1.56. The van der Waals surface area contributed by atoms with Crippen LogP contribution in [0, 0.1) is 0 Å². The summed E-state index contributed by atoms with van der Waals surface area (Å²) in [4.78, 5) is 25.5. The van der Waals surface area contributed by atoms with E-state index < -0.39 is 5.41 Å². The van der Waals surface area contributed by atoms with Crippen molar-refractivity contribution in [1.29, 1.82) is 0 Å². The Hall–Kier alpha value is -3.28. The van der Waals surface area contributed by atoms with E-state index in [9.17, 15) is 4.79 Å². The molecule has 1 amide bonds. The summed E-state index contributed by atoms with van der Waals surface area (Å²) in [5, 5.41) is 5.92. The molecule has 6 heteroatoms. The van der Waals surface area contributed by atoms with Crippen molar-refractivity contribution < 1.29 is 4.79 Å². The first kappa shape index (κ1) is 17.1. The third kappa shape index (κ3) is 3.26. The van der Waals surface area contributed by atoms with E-state index in [1.165, 1.54) is 0 Å². The molecule has 2 heterocycles. The maximum atomic E-state index is 13.0. The minimum atomic E-state index is -0.457. The van der Waals surface area contributed by atoms with E-state index in [4.69, 9.17) is 0 Å². The van der Waals surface area contributed by atoms with Gasteiger partial charge in [0.2, 0.25) is 11.9 Å². The second-order valence-corrected chi connectivity index (χ2v) is 6.75. The Morgan fingerprint density at radius 1 is 1.00 bits per heavy atom. The average Bonchev–Trinajstić information content (AvgIpc) is 2.68. The van der Waals surface area contributed by atoms with Crippen LogP contribution in [0.15, 0.2) is 61.2 Å². The molecule has 27 heavy (non-hydrogen) atoms. The molecule has 0 spiro atoms. The predicted octanol–water partition coefficient (Wildman–Crippen LogP) is 3.64. The zero-order valence-electron chi connectivity index (χ0n) is 15.1. The molecule has 0 radical (unpaired) electrons. The monoisotopic (exact) mass is 359 g/mol. The molecule has 6 nitrogen and oxygen atoms in total. The number of carbonyl (C=O) groups excluding carboxylic acids is 1. The average molecular weight is 359 g/mol. The molecular formula is C21H21N5O. The van der Waals surface area contributed by atoms with Crippen LogP contribution in [0.4, 0.5) is 11.6 Å². The Morgan fingerprint density at radius 3 is 2.30 bits per heavy atom. The number of nitrogens with zero attached hydrogens (tertiary/aromatic N) is 3. The number of hydrogen-bond donors (Lipinski definition) is 2. The maximum Gasteiger partial charge on any atom is 0.235 e. The molecule has 3 aromatic rings. The van der Waals surface area contributed by atoms with Gasteiger partial charge in [-0.05, 0) is 36.1 Å². The van der Waals surface area contributed by atoms with Gasteiger partial charge in [-0.3, -0.25) is 9.78 Å². The molecule has 0 aliphatic heterocycles. The van der Waals surface area contributed by atoms with Gasteiger partial charge in [-0.1, -0.05) is 30.7 Å². The normalized spacial score (nSPS) is 14.9. The van der Waals surface area contributed by atoms with E-state index >= 15 is 0 Å². The molecule has 0 bridgehead atoms. The summed E-state index contributed by atoms with van der Waals surface area (Å²) >= 11 is 0. The highest BCUT2D eigenvalue weighted by molar-refractivity contribution is 5.99. The van der Waals surface area contributed by atoms with Crippen LogP contribution in [-0.2, 0) is 10.2 Å². The number of amides is 1. The number of benzene rings is 1. The predicted molar refractivity (Wildman–Crippen MR) is 105 cm³/mol. The fourth-order valence-electron chi connectivity index (χ4n) is 3.45. The highest BCUT2D eigenvalue weighted by Crippen LogP contribution is 2.45. The number of hydrogen-bond acceptors (Lipinski definition) is 5. The van der Waals surface area contributed by atoms with Crippen LogP contribution in [0.1, 0.15) is 24.8 Å². The van der Waals surface area contributed by atoms with Gasteiger partial charge >= 0.3 is 0 Å². The molecule has 2 aromatic heterocycles. The van der Waals surface area contributed by atoms with Gasteiger partial charge in [-0.2, -0.15) is 0 Å². The van der Waals surface area contributed by atoms with E-state index in [1.54, 1.807) is 31.8 Å². The van der Waals surface area contributed by atoms with Gasteiger partial charge < -0.3 is 10.6 Å². The van der Waals surface area contributed by atoms with Crippen molar-refractivity contribution in [3.8, 4) is 11.1 Å². The largest absolute Gasteiger partial charge is 0.357 e. The van der Waals surface area contributed by atoms with E-state index in [1.807, 2.05) is 36.4 Å². The molecule has 1 saturated carbocycles. The lowest BCUT2D eigenvalue weighted by atomic mass is 9.63. The minimum absolute atomic E-state index is 0.0382. The maximum absolute atomic E-state index is 13.0. The Labute approximate surface area is 158 Å². The van der Waals surface area contributed by atoms with Crippen molar-refractivity contribution in [2.75, 3.05) is 17.7 Å². The number of pyridine rings is 1. The van der Waals surface area contributed by atoms with E-state index in [2.05, 4.69) is 25.6 Å². The van der Waals surface area contributed by atoms with Crippen molar-refractivity contribution in [3.05, 3.63) is 66.7 Å². The molecular weight excluding hydrogens is 338 g/mol. The number of rotatable bonds is 5. The molecule has 136 valence electrons. The standard InChI is InChI=1S/C21H21N5O/c1-22-20-24-12-16(13-25-20)15-5-7-17(8-6-15)21(9-3-10-21)19(27)26-18-4-2-11-23-14-18/h2,4-8,11-14H,3,9-10H2,1H3,(H,26,27)(H,22,24,25). The van der Waals surface area contributed by atoms with E-state index in [0.717, 1.165) is 41.6 Å². The van der Waals surface area contributed by atoms with Gasteiger partial charge in [0.1, 0.15) is 0 Å². The number of nitrogens with one attached hydrogen (secondary N) is 2. The molecule has 1 aliphatic carbocycles. The van der Waals surface area contributed by atoms with Gasteiger partial charge in [0.25, 0.3) is 0 Å². The zero-order valence-corrected chi connectivity index (χ0v) is 15.1. The Bertz CT molecular complexity index is 919. The summed E-state index contributed by atoms with van der Waals surface area (Å²) in [6.45, 7) is 0. The highest BCUT2D eigenvalue weighted by Gasteiger charge is 2.45. The first-order valence-corrected chi connectivity index (χ1v) is 9.03. The van der Waals surface area contributed by atoms with Gasteiger partial charge in [0.15, 0.2) is 0 Å². The van der Waals surface area contributed by atoms with Crippen molar-refractivity contribution in [1.82, 2.24) is 15.0 Å². The second kappa shape index (κ2) is 7.15. The third-order valence-corrected chi connectivity index (χ3v) is 5.21. The van der Waals surface area contributed by atoms with Crippen molar-refractivity contribution in [3.63, 3.8) is 0 Å². The molecule has 0 saturated heterocycles. The van der Waals surface area contributed by atoms with Crippen molar-refractivity contribution in [2.45, 2.75) is 24.7 Å². The van der Waals surface area contributed by atoms with Crippen LogP contribution < -0.4 is 10.6 Å². The Kier molecular flexibility index (Phi) is 4.54. The summed E-state index contributed by atoms with van der Waals surface area (Å²) in [6, 6.07) is 11.8. The smallest absolute Gasteiger partial charge is 0.235 e. The second-order valence-electron chi connectivity index (χ2n) is 6.75. The highest BCUT2D eigenvalue weighted by atomic mass is 16.2. The van der Waals surface area contributed by atoms with Gasteiger partial charge in [0.05, 0.1) is 17.3 Å². The number of aromatic nitrogens is 3. The van der Waals surface area contributed by atoms with E-state index in [0.29, 0.717) is 5.95 Å². The number of carbonyl (C=O) groups is 1. The van der Waals surface area contributed by atoms with Crippen LogP contribution in [-0.4, -0.2) is 27.9 Å². The molecule has 2 N–H and O–H groups in total. The summed E-state index contributed by atoms with van der Waals surface area (Å²) < 4.78 is 0.